The van der Waals surface area contributed by atoms with Crippen LogP contribution in [0.15, 0.2) is 35.2 Å². The summed E-state index contributed by atoms with van der Waals surface area (Å²) in [7, 11) is -4.08. The minimum Gasteiger partial charge on any atom is -0.379 e. The van der Waals surface area contributed by atoms with Gasteiger partial charge in [-0.2, -0.15) is 18.3 Å². The fraction of sp³-hybridized carbons (Fsp3) is 0.526. The molecule has 30 heavy (non-hydrogen) atoms. The summed E-state index contributed by atoms with van der Waals surface area (Å²) < 4.78 is 75.1. The second kappa shape index (κ2) is 7.04. The number of hydrogen-bond acceptors (Lipinski definition) is 6. The molecule has 11 heteroatoms. The molecule has 1 aromatic heterocycles. The molecule has 1 aromatic carbocycles. The van der Waals surface area contributed by atoms with E-state index in [2.05, 4.69) is 10.2 Å². The first-order valence-corrected chi connectivity index (χ1v) is 10.8. The Hall–Kier alpha value is -1.95. The van der Waals surface area contributed by atoms with Crippen LogP contribution in [0, 0.1) is 0 Å². The molecule has 4 rings (SSSR count). The molecule has 0 bridgehead atoms. The highest BCUT2D eigenvalue weighted by atomic mass is 32.2. The third-order valence-electron chi connectivity index (χ3n) is 5.79. The quantitative estimate of drug-likeness (QED) is 0.749. The SMILES string of the molecule is CC1(S(=O)(=O)c2cccc(C(F)(F)F)c2)CCOC(c2cc(C3(O)COC3)n[nH]2)C1. The van der Waals surface area contributed by atoms with Crippen molar-refractivity contribution in [1.29, 1.82) is 0 Å². The average molecular weight is 446 g/mol. The van der Waals surface area contributed by atoms with Crippen molar-refractivity contribution < 1.29 is 36.2 Å². The zero-order valence-electron chi connectivity index (χ0n) is 16.1. The van der Waals surface area contributed by atoms with Gasteiger partial charge in [-0.05, 0) is 44.0 Å². The maximum absolute atomic E-state index is 13.3. The van der Waals surface area contributed by atoms with Crippen LogP contribution in [-0.4, -0.2) is 48.3 Å². The fourth-order valence-corrected chi connectivity index (χ4v) is 5.55. The Morgan fingerprint density at radius 1 is 1.27 bits per heavy atom. The van der Waals surface area contributed by atoms with Crippen molar-refractivity contribution in [2.75, 3.05) is 19.8 Å². The van der Waals surface area contributed by atoms with Crippen LogP contribution in [0.5, 0.6) is 0 Å². The molecule has 0 spiro atoms. The third-order valence-corrected chi connectivity index (χ3v) is 8.33. The summed E-state index contributed by atoms with van der Waals surface area (Å²) in [6, 6.07) is 5.40. The standard InChI is InChI=1S/C19H21F3N2O5S/c1-17(30(26,27)13-4-2-3-12(7-13)19(20,21)22)5-6-29-15(9-17)14-8-16(24-23-14)18(25)10-28-11-18/h2-4,7-8,15,25H,5-6,9-11H2,1H3,(H,23,24). The molecule has 3 heterocycles. The van der Waals surface area contributed by atoms with Crippen LogP contribution in [0.1, 0.15) is 42.8 Å². The van der Waals surface area contributed by atoms with Gasteiger partial charge in [-0.25, -0.2) is 8.42 Å². The van der Waals surface area contributed by atoms with E-state index in [0.29, 0.717) is 17.5 Å². The van der Waals surface area contributed by atoms with E-state index in [0.717, 1.165) is 12.1 Å². The normalized spacial score (nSPS) is 26.9. The van der Waals surface area contributed by atoms with Gasteiger partial charge in [0.1, 0.15) is 6.10 Å². The number of ether oxygens (including phenoxy) is 2. The Kier molecular flexibility index (Phi) is 5.00. The first-order chi connectivity index (χ1) is 13.9. The van der Waals surface area contributed by atoms with Crippen molar-refractivity contribution in [1.82, 2.24) is 10.2 Å². The van der Waals surface area contributed by atoms with Gasteiger partial charge in [0.05, 0.1) is 39.8 Å². The largest absolute Gasteiger partial charge is 0.416 e. The molecule has 2 aromatic rings. The fourth-order valence-electron chi connectivity index (χ4n) is 3.72. The summed E-state index contributed by atoms with van der Waals surface area (Å²) in [6.45, 7) is 1.86. The average Bonchev–Trinajstić information content (AvgIpc) is 3.16. The van der Waals surface area contributed by atoms with E-state index in [9.17, 15) is 26.7 Å². The van der Waals surface area contributed by atoms with Crippen molar-refractivity contribution >= 4 is 9.84 Å². The Balaban J connectivity index is 1.61. The predicted octanol–water partition coefficient (Wildman–Crippen LogP) is 2.73. The zero-order valence-corrected chi connectivity index (χ0v) is 16.9. The van der Waals surface area contributed by atoms with E-state index in [1.165, 1.54) is 13.0 Å². The number of benzene rings is 1. The summed E-state index contributed by atoms with van der Waals surface area (Å²) in [6.07, 6.45) is -5.12. The van der Waals surface area contributed by atoms with E-state index in [1.54, 1.807) is 6.07 Å². The van der Waals surface area contributed by atoms with Crippen LogP contribution in [0.4, 0.5) is 13.2 Å². The number of H-pyrrole nitrogens is 1. The highest BCUT2D eigenvalue weighted by molar-refractivity contribution is 7.92. The van der Waals surface area contributed by atoms with Gasteiger partial charge in [-0.3, -0.25) is 5.10 Å². The Bertz CT molecular complexity index is 1050. The number of aliphatic hydroxyl groups is 1. The van der Waals surface area contributed by atoms with Gasteiger partial charge >= 0.3 is 6.18 Å². The number of sulfone groups is 1. The lowest BCUT2D eigenvalue weighted by Gasteiger charge is -2.37. The molecular formula is C19H21F3N2O5S. The van der Waals surface area contributed by atoms with Gasteiger partial charge in [-0.15, -0.1) is 0 Å². The molecule has 0 amide bonds. The molecule has 2 unspecified atom stereocenters. The van der Waals surface area contributed by atoms with Crippen LogP contribution in [0.2, 0.25) is 0 Å². The number of aromatic amines is 1. The van der Waals surface area contributed by atoms with E-state index in [4.69, 9.17) is 9.47 Å². The first-order valence-electron chi connectivity index (χ1n) is 9.34. The summed E-state index contributed by atoms with van der Waals surface area (Å²) in [5.41, 5.74) is -1.32. The minimum atomic E-state index is -4.64. The van der Waals surface area contributed by atoms with Crippen molar-refractivity contribution in [3.05, 3.63) is 47.3 Å². The number of hydrogen-bond donors (Lipinski definition) is 2. The lowest BCUT2D eigenvalue weighted by Crippen LogP contribution is -2.46. The Morgan fingerprint density at radius 2 is 2.00 bits per heavy atom. The van der Waals surface area contributed by atoms with Crippen LogP contribution in [0.25, 0.3) is 0 Å². The maximum atomic E-state index is 13.3. The summed E-state index contributed by atoms with van der Waals surface area (Å²) in [5.74, 6) is 0. The van der Waals surface area contributed by atoms with E-state index < -0.39 is 38.0 Å². The summed E-state index contributed by atoms with van der Waals surface area (Å²) in [4.78, 5) is -0.369. The molecule has 0 aliphatic carbocycles. The highest BCUT2D eigenvalue weighted by Gasteiger charge is 2.47. The second-order valence-corrected chi connectivity index (χ2v) is 10.5. The molecule has 0 saturated carbocycles. The minimum absolute atomic E-state index is 0.0299. The number of aromatic nitrogens is 2. The summed E-state index contributed by atoms with van der Waals surface area (Å²) >= 11 is 0. The molecule has 2 N–H and O–H groups in total. The second-order valence-electron chi connectivity index (χ2n) is 8.03. The van der Waals surface area contributed by atoms with Gasteiger partial charge in [0.25, 0.3) is 0 Å². The van der Waals surface area contributed by atoms with E-state index in [1.807, 2.05) is 0 Å². The lowest BCUT2D eigenvalue weighted by atomic mass is 9.93. The lowest BCUT2D eigenvalue weighted by molar-refractivity contribution is -0.186. The molecule has 2 saturated heterocycles. The number of alkyl halides is 3. The van der Waals surface area contributed by atoms with Crippen LogP contribution >= 0.6 is 0 Å². The molecule has 2 fully saturated rings. The van der Waals surface area contributed by atoms with Gasteiger partial charge in [0.2, 0.25) is 0 Å². The summed E-state index contributed by atoms with van der Waals surface area (Å²) in [5, 5.41) is 17.2. The van der Waals surface area contributed by atoms with Crippen molar-refractivity contribution in [2.45, 2.75) is 47.3 Å². The Labute approximate surface area is 171 Å². The molecule has 164 valence electrons. The van der Waals surface area contributed by atoms with Gasteiger partial charge < -0.3 is 14.6 Å². The molecule has 2 aliphatic rings. The van der Waals surface area contributed by atoms with Crippen LogP contribution < -0.4 is 0 Å². The van der Waals surface area contributed by atoms with E-state index >= 15 is 0 Å². The zero-order chi connectivity index (χ0) is 21.8. The van der Waals surface area contributed by atoms with Gasteiger partial charge in [-0.1, -0.05) is 6.07 Å². The number of nitrogens with zero attached hydrogens (tertiary/aromatic N) is 1. The highest BCUT2D eigenvalue weighted by Crippen LogP contribution is 2.43. The van der Waals surface area contributed by atoms with Crippen molar-refractivity contribution in [2.24, 2.45) is 0 Å². The monoisotopic (exact) mass is 446 g/mol. The molecule has 7 nitrogen and oxygen atoms in total. The van der Waals surface area contributed by atoms with Gasteiger partial charge in [0, 0.05) is 6.61 Å². The number of halogens is 3. The first kappa shape index (κ1) is 21.3. The molecule has 0 radical (unpaired) electrons. The Morgan fingerprint density at radius 3 is 2.63 bits per heavy atom. The van der Waals surface area contributed by atoms with Crippen LogP contribution in [-0.2, 0) is 31.1 Å². The number of nitrogens with one attached hydrogen (secondary N) is 1. The maximum Gasteiger partial charge on any atom is 0.416 e. The number of rotatable bonds is 4. The predicted molar refractivity (Wildman–Crippen MR) is 98.3 cm³/mol. The van der Waals surface area contributed by atoms with Gasteiger partial charge in [0.15, 0.2) is 15.4 Å². The smallest absolute Gasteiger partial charge is 0.379 e. The van der Waals surface area contributed by atoms with Crippen molar-refractivity contribution in [3.63, 3.8) is 0 Å². The third kappa shape index (κ3) is 3.53. The molecule has 2 atom stereocenters. The van der Waals surface area contributed by atoms with E-state index in [-0.39, 0.29) is 37.6 Å². The topological polar surface area (TPSA) is 102 Å². The molecule has 2 aliphatic heterocycles. The van der Waals surface area contributed by atoms with Crippen molar-refractivity contribution in [3.8, 4) is 0 Å². The molecular weight excluding hydrogens is 425 g/mol. The van der Waals surface area contributed by atoms with Crippen LogP contribution in [0.3, 0.4) is 0 Å².